The predicted octanol–water partition coefficient (Wildman–Crippen LogP) is 2.77. The van der Waals surface area contributed by atoms with Crippen LogP contribution < -0.4 is 5.32 Å². The predicted molar refractivity (Wildman–Crippen MR) is 99.1 cm³/mol. The van der Waals surface area contributed by atoms with Gasteiger partial charge in [-0.3, -0.25) is 0 Å². The first-order chi connectivity index (χ1) is 12.1. The molecular weight excluding hydrogens is 312 g/mol. The highest BCUT2D eigenvalue weighted by atomic mass is 16.3. The molecule has 0 aliphatic heterocycles. The van der Waals surface area contributed by atoms with E-state index in [1.54, 1.807) is 11.7 Å². The summed E-state index contributed by atoms with van der Waals surface area (Å²) in [5, 5.41) is 22.0. The van der Waals surface area contributed by atoms with Crippen molar-refractivity contribution in [2.45, 2.75) is 33.0 Å². The molecule has 1 atom stereocenters. The quantitative estimate of drug-likeness (QED) is 0.696. The molecule has 0 bridgehead atoms. The summed E-state index contributed by atoms with van der Waals surface area (Å²) < 4.78 is 0. The summed E-state index contributed by atoms with van der Waals surface area (Å²) in [4.78, 5) is 1.74. The van der Waals surface area contributed by atoms with Crippen LogP contribution in [0.4, 0.5) is 0 Å². The van der Waals surface area contributed by atoms with Gasteiger partial charge in [0.25, 0.3) is 0 Å². The average molecular weight is 336 g/mol. The topological polar surface area (TPSA) is 63.0 Å². The Hall–Kier alpha value is -2.50. The number of nitrogens with one attached hydrogen (secondary N) is 1. The minimum absolute atomic E-state index is 0.386. The van der Waals surface area contributed by atoms with Crippen molar-refractivity contribution in [3.8, 4) is 11.3 Å². The lowest BCUT2D eigenvalue weighted by atomic mass is 10.1. The standard InChI is InChI=1S/C20H24N4O/c1-15-8-10-17(11-9-15)14-24-22-19(13-21-12-16(2)25)20(23-24)18-6-4-3-5-7-18/h3-11,16,21,25H,12-14H2,1-2H3/t16-/m1/s1. The third kappa shape index (κ3) is 4.75. The fourth-order valence-corrected chi connectivity index (χ4v) is 2.65. The van der Waals surface area contributed by atoms with Crippen LogP contribution in [0.1, 0.15) is 23.7 Å². The highest BCUT2D eigenvalue weighted by Crippen LogP contribution is 2.20. The van der Waals surface area contributed by atoms with Gasteiger partial charge in [-0.05, 0) is 19.4 Å². The first-order valence-corrected chi connectivity index (χ1v) is 8.55. The summed E-state index contributed by atoms with van der Waals surface area (Å²) in [6.45, 7) is 5.58. The van der Waals surface area contributed by atoms with E-state index in [4.69, 9.17) is 5.10 Å². The maximum Gasteiger partial charge on any atom is 0.117 e. The van der Waals surface area contributed by atoms with Crippen LogP contribution in [0.3, 0.4) is 0 Å². The molecule has 0 saturated carbocycles. The Morgan fingerprint density at radius 3 is 2.44 bits per heavy atom. The molecule has 0 radical (unpaired) electrons. The van der Waals surface area contributed by atoms with Crippen LogP contribution in [-0.4, -0.2) is 32.7 Å². The molecule has 0 unspecified atom stereocenters. The van der Waals surface area contributed by atoms with Crippen molar-refractivity contribution >= 4 is 0 Å². The normalized spacial score (nSPS) is 12.3. The van der Waals surface area contributed by atoms with Gasteiger partial charge in [-0.1, -0.05) is 60.2 Å². The lowest BCUT2D eigenvalue weighted by Crippen LogP contribution is -2.24. The Kier molecular flexibility index (Phi) is 5.58. The Morgan fingerprint density at radius 2 is 1.76 bits per heavy atom. The number of aryl methyl sites for hydroxylation is 1. The van der Waals surface area contributed by atoms with Crippen molar-refractivity contribution in [1.29, 1.82) is 0 Å². The number of aromatic nitrogens is 3. The van der Waals surface area contributed by atoms with Crippen LogP contribution in [0.5, 0.6) is 0 Å². The molecule has 0 saturated heterocycles. The van der Waals surface area contributed by atoms with Crippen LogP contribution in [0, 0.1) is 6.92 Å². The molecule has 130 valence electrons. The Labute approximate surface area is 148 Å². The minimum atomic E-state index is -0.386. The van der Waals surface area contributed by atoms with Gasteiger partial charge in [0.2, 0.25) is 0 Å². The smallest absolute Gasteiger partial charge is 0.117 e. The third-order valence-electron chi connectivity index (χ3n) is 3.95. The first-order valence-electron chi connectivity index (χ1n) is 8.55. The zero-order chi connectivity index (χ0) is 17.6. The van der Waals surface area contributed by atoms with Gasteiger partial charge in [0.15, 0.2) is 0 Å². The van der Waals surface area contributed by atoms with Crippen molar-refractivity contribution in [2.75, 3.05) is 6.54 Å². The zero-order valence-corrected chi connectivity index (χ0v) is 14.7. The Bertz CT molecular complexity index is 794. The largest absolute Gasteiger partial charge is 0.392 e. The maximum atomic E-state index is 9.44. The van der Waals surface area contributed by atoms with Crippen molar-refractivity contribution in [3.05, 3.63) is 71.4 Å². The minimum Gasteiger partial charge on any atom is -0.392 e. The molecule has 3 rings (SSSR count). The Morgan fingerprint density at radius 1 is 1.04 bits per heavy atom. The van der Waals surface area contributed by atoms with Crippen molar-refractivity contribution in [2.24, 2.45) is 0 Å². The van der Waals surface area contributed by atoms with Crippen LogP contribution in [0.2, 0.25) is 0 Å². The molecular formula is C20H24N4O. The average Bonchev–Trinajstić information content (AvgIpc) is 3.00. The van der Waals surface area contributed by atoms with Crippen LogP contribution in [0.15, 0.2) is 54.6 Å². The van der Waals surface area contributed by atoms with Gasteiger partial charge in [0.05, 0.1) is 12.6 Å². The number of nitrogens with zero attached hydrogens (tertiary/aromatic N) is 3. The molecule has 0 spiro atoms. The zero-order valence-electron chi connectivity index (χ0n) is 14.7. The molecule has 5 nitrogen and oxygen atoms in total. The van der Waals surface area contributed by atoms with Gasteiger partial charge in [-0.15, -0.1) is 0 Å². The summed E-state index contributed by atoms with van der Waals surface area (Å²) in [6.07, 6.45) is -0.386. The number of benzene rings is 2. The molecule has 0 aliphatic rings. The highest BCUT2D eigenvalue weighted by Gasteiger charge is 2.13. The second-order valence-corrected chi connectivity index (χ2v) is 6.36. The number of aliphatic hydroxyl groups is 1. The summed E-state index contributed by atoms with van der Waals surface area (Å²) in [6, 6.07) is 18.5. The van der Waals surface area contributed by atoms with E-state index in [9.17, 15) is 5.11 Å². The lowest BCUT2D eigenvalue weighted by Gasteiger charge is -2.05. The van der Waals surface area contributed by atoms with E-state index in [0.717, 1.165) is 17.0 Å². The van der Waals surface area contributed by atoms with Gasteiger partial charge in [-0.2, -0.15) is 15.0 Å². The van der Waals surface area contributed by atoms with Crippen molar-refractivity contribution in [1.82, 2.24) is 20.3 Å². The number of hydrogen-bond acceptors (Lipinski definition) is 4. The SMILES string of the molecule is Cc1ccc(Cn2nc(CNC[C@@H](C)O)c(-c3ccccc3)n2)cc1. The molecule has 0 amide bonds. The van der Waals surface area contributed by atoms with E-state index in [1.807, 2.05) is 30.3 Å². The van der Waals surface area contributed by atoms with Gasteiger partial charge < -0.3 is 10.4 Å². The van der Waals surface area contributed by atoms with Crippen molar-refractivity contribution in [3.63, 3.8) is 0 Å². The third-order valence-corrected chi connectivity index (χ3v) is 3.95. The van der Waals surface area contributed by atoms with Crippen LogP contribution in [-0.2, 0) is 13.1 Å². The number of hydrogen-bond donors (Lipinski definition) is 2. The summed E-state index contributed by atoms with van der Waals surface area (Å²) in [5.41, 5.74) is 5.23. The monoisotopic (exact) mass is 336 g/mol. The number of rotatable bonds is 7. The fourth-order valence-electron chi connectivity index (χ4n) is 2.65. The molecule has 0 fully saturated rings. The van der Waals surface area contributed by atoms with E-state index in [0.29, 0.717) is 19.6 Å². The van der Waals surface area contributed by atoms with E-state index in [1.165, 1.54) is 11.1 Å². The molecule has 2 N–H and O–H groups in total. The van der Waals surface area contributed by atoms with Gasteiger partial charge in [0, 0.05) is 18.7 Å². The molecule has 5 heteroatoms. The molecule has 1 aromatic heterocycles. The van der Waals surface area contributed by atoms with E-state index < -0.39 is 0 Å². The van der Waals surface area contributed by atoms with E-state index in [2.05, 4.69) is 41.6 Å². The second kappa shape index (κ2) is 8.05. The lowest BCUT2D eigenvalue weighted by molar-refractivity contribution is 0.191. The first kappa shape index (κ1) is 17.3. The van der Waals surface area contributed by atoms with E-state index in [-0.39, 0.29) is 6.10 Å². The summed E-state index contributed by atoms with van der Waals surface area (Å²) >= 11 is 0. The highest BCUT2D eigenvalue weighted by molar-refractivity contribution is 5.60. The molecule has 3 aromatic rings. The van der Waals surface area contributed by atoms with Gasteiger partial charge in [0.1, 0.15) is 11.4 Å². The van der Waals surface area contributed by atoms with Crippen LogP contribution in [0.25, 0.3) is 11.3 Å². The van der Waals surface area contributed by atoms with Gasteiger partial charge in [-0.25, -0.2) is 0 Å². The second-order valence-electron chi connectivity index (χ2n) is 6.36. The fraction of sp³-hybridized carbons (Fsp3) is 0.300. The summed E-state index contributed by atoms with van der Waals surface area (Å²) in [7, 11) is 0. The molecule has 25 heavy (non-hydrogen) atoms. The van der Waals surface area contributed by atoms with E-state index >= 15 is 0 Å². The van der Waals surface area contributed by atoms with Crippen molar-refractivity contribution < 1.29 is 5.11 Å². The molecule has 0 aliphatic carbocycles. The van der Waals surface area contributed by atoms with Gasteiger partial charge >= 0.3 is 0 Å². The number of aliphatic hydroxyl groups excluding tert-OH is 1. The summed E-state index contributed by atoms with van der Waals surface area (Å²) in [5.74, 6) is 0. The molecule has 2 aromatic carbocycles. The Balaban J connectivity index is 1.84. The van der Waals surface area contributed by atoms with Crippen LogP contribution >= 0.6 is 0 Å². The molecule has 1 heterocycles. The maximum absolute atomic E-state index is 9.44.